The van der Waals surface area contributed by atoms with E-state index >= 15 is 0 Å². The van der Waals surface area contributed by atoms with Crippen LogP contribution in [-0.4, -0.2) is 16.0 Å². The molecule has 0 fully saturated rings. The molecule has 1 aliphatic rings. The summed E-state index contributed by atoms with van der Waals surface area (Å²) in [4.78, 5) is 12.6. The van der Waals surface area contributed by atoms with Gasteiger partial charge in [0.1, 0.15) is 5.82 Å². The van der Waals surface area contributed by atoms with Crippen LogP contribution < -0.4 is 0 Å². The van der Waals surface area contributed by atoms with Gasteiger partial charge in [-0.25, -0.2) is 4.39 Å². The van der Waals surface area contributed by atoms with Gasteiger partial charge in [0.05, 0.1) is 5.41 Å². The standard InChI is InChI=1S/C16H13FO3/c1-16(10-2-4-11(17)5-3-10)8-9-6-13(18)14(19)7-12(9)15(16)20/h2-7,18-19H,8H2,1H3. The third kappa shape index (κ3) is 1.68. The Balaban J connectivity index is 2.10. The van der Waals surface area contributed by atoms with Crippen molar-refractivity contribution in [1.29, 1.82) is 0 Å². The second kappa shape index (κ2) is 4.07. The summed E-state index contributed by atoms with van der Waals surface area (Å²) in [5, 5.41) is 19.1. The van der Waals surface area contributed by atoms with Crippen molar-refractivity contribution in [2.45, 2.75) is 18.8 Å². The van der Waals surface area contributed by atoms with Gasteiger partial charge in [-0.3, -0.25) is 4.79 Å². The van der Waals surface area contributed by atoms with Crippen molar-refractivity contribution < 1.29 is 19.4 Å². The number of carbonyl (C=O) groups excluding carboxylic acids is 1. The Morgan fingerprint density at radius 3 is 2.35 bits per heavy atom. The lowest BCUT2D eigenvalue weighted by Crippen LogP contribution is -2.29. The highest BCUT2D eigenvalue weighted by molar-refractivity contribution is 6.08. The number of aromatic hydroxyl groups is 2. The number of rotatable bonds is 1. The topological polar surface area (TPSA) is 57.5 Å². The van der Waals surface area contributed by atoms with Gasteiger partial charge in [-0.05, 0) is 48.7 Å². The fourth-order valence-electron chi connectivity index (χ4n) is 2.79. The fraction of sp³-hybridized carbons (Fsp3) is 0.188. The van der Waals surface area contributed by atoms with E-state index in [4.69, 9.17) is 0 Å². The van der Waals surface area contributed by atoms with Crippen molar-refractivity contribution in [3.63, 3.8) is 0 Å². The fourth-order valence-corrected chi connectivity index (χ4v) is 2.79. The van der Waals surface area contributed by atoms with E-state index in [1.54, 1.807) is 19.1 Å². The first kappa shape index (κ1) is 12.7. The number of hydrogen-bond acceptors (Lipinski definition) is 3. The molecule has 0 saturated heterocycles. The lowest BCUT2D eigenvalue weighted by molar-refractivity contribution is 0.0915. The summed E-state index contributed by atoms with van der Waals surface area (Å²) in [5.41, 5.74) is 1.03. The van der Waals surface area contributed by atoms with Crippen LogP contribution in [0.4, 0.5) is 4.39 Å². The second-order valence-corrected chi connectivity index (χ2v) is 5.34. The van der Waals surface area contributed by atoms with Crippen molar-refractivity contribution in [3.8, 4) is 11.5 Å². The lowest BCUT2D eigenvalue weighted by Gasteiger charge is -2.22. The number of phenolic OH excluding ortho intramolecular Hbond substituents is 2. The molecule has 2 aromatic rings. The van der Waals surface area contributed by atoms with E-state index in [-0.39, 0.29) is 23.1 Å². The van der Waals surface area contributed by atoms with Crippen LogP contribution in [0.2, 0.25) is 0 Å². The maximum Gasteiger partial charge on any atom is 0.173 e. The maximum atomic E-state index is 13.0. The highest BCUT2D eigenvalue weighted by Crippen LogP contribution is 2.42. The van der Waals surface area contributed by atoms with Crippen LogP contribution in [0.5, 0.6) is 11.5 Å². The van der Waals surface area contributed by atoms with Crippen LogP contribution in [0.15, 0.2) is 36.4 Å². The van der Waals surface area contributed by atoms with Gasteiger partial charge in [0.15, 0.2) is 17.3 Å². The van der Waals surface area contributed by atoms with Gasteiger partial charge in [0.2, 0.25) is 0 Å². The van der Waals surface area contributed by atoms with E-state index in [2.05, 4.69) is 0 Å². The van der Waals surface area contributed by atoms with Gasteiger partial charge in [-0.2, -0.15) is 0 Å². The zero-order valence-electron chi connectivity index (χ0n) is 10.9. The van der Waals surface area contributed by atoms with Crippen LogP contribution in [0, 0.1) is 5.82 Å². The van der Waals surface area contributed by atoms with E-state index in [1.165, 1.54) is 24.3 Å². The molecule has 0 aromatic heterocycles. The smallest absolute Gasteiger partial charge is 0.173 e. The molecule has 2 N–H and O–H groups in total. The van der Waals surface area contributed by atoms with Crippen molar-refractivity contribution >= 4 is 5.78 Å². The maximum absolute atomic E-state index is 13.0. The predicted octanol–water partition coefficient (Wildman–Crippen LogP) is 2.93. The first-order chi connectivity index (χ1) is 9.41. The number of hydrogen-bond donors (Lipinski definition) is 2. The van der Waals surface area contributed by atoms with E-state index in [0.717, 1.165) is 5.56 Å². The van der Waals surface area contributed by atoms with Crippen LogP contribution >= 0.6 is 0 Å². The molecule has 3 rings (SSSR count). The van der Waals surface area contributed by atoms with E-state index in [1.807, 2.05) is 0 Å². The number of ketones is 1. The average Bonchev–Trinajstić information content (AvgIpc) is 2.65. The monoisotopic (exact) mass is 272 g/mol. The summed E-state index contributed by atoms with van der Waals surface area (Å²) in [6.45, 7) is 1.79. The molecule has 0 radical (unpaired) electrons. The summed E-state index contributed by atoms with van der Waals surface area (Å²) in [5.74, 6) is -1.02. The molecule has 0 amide bonds. The van der Waals surface area contributed by atoms with Crippen LogP contribution in [0.25, 0.3) is 0 Å². The average molecular weight is 272 g/mol. The Kier molecular flexibility index (Phi) is 2.57. The Bertz CT molecular complexity index is 706. The van der Waals surface area contributed by atoms with Crippen molar-refractivity contribution in [2.24, 2.45) is 0 Å². The Morgan fingerprint density at radius 2 is 1.70 bits per heavy atom. The SMILES string of the molecule is CC1(c2ccc(F)cc2)Cc2cc(O)c(O)cc2C1=O. The number of carbonyl (C=O) groups is 1. The molecular formula is C16H13FO3. The van der Waals surface area contributed by atoms with Gasteiger partial charge < -0.3 is 10.2 Å². The van der Waals surface area contributed by atoms with Gasteiger partial charge >= 0.3 is 0 Å². The number of Topliss-reactive ketones (excluding diaryl/α,β-unsaturated/α-hetero) is 1. The molecule has 1 unspecified atom stereocenters. The summed E-state index contributed by atoms with van der Waals surface area (Å²) >= 11 is 0. The minimum Gasteiger partial charge on any atom is -0.504 e. The minimum absolute atomic E-state index is 0.130. The van der Waals surface area contributed by atoms with Gasteiger partial charge in [0, 0.05) is 5.56 Å². The summed E-state index contributed by atoms with van der Waals surface area (Å²) in [6, 6.07) is 8.55. The summed E-state index contributed by atoms with van der Waals surface area (Å²) in [6.07, 6.45) is 0.417. The highest BCUT2D eigenvalue weighted by Gasteiger charge is 2.43. The first-order valence-electron chi connectivity index (χ1n) is 6.27. The molecule has 1 atom stereocenters. The second-order valence-electron chi connectivity index (χ2n) is 5.34. The number of fused-ring (bicyclic) bond motifs is 1. The summed E-state index contributed by atoms with van der Waals surface area (Å²) in [7, 11) is 0. The molecule has 3 nitrogen and oxygen atoms in total. The quantitative estimate of drug-likeness (QED) is 0.785. The highest BCUT2D eigenvalue weighted by atomic mass is 19.1. The molecule has 2 aromatic carbocycles. The van der Waals surface area contributed by atoms with Crippen molar-refractivity contribution in [2.75, 3.05) is 0 Å². The zero-order chi connectivity index (χ0) is 14.5. The van der Waals surface area contributed by atoms with Crippen molar-refractivity contribution in [1.82, 2.24) is 0 Å². The minimum atomic E-state index is -0.795. The molecule has 0 heterocycles. The van der Waals surface area contributed by atoms with Gasteiger partial charge in [0.25, 0.3) is 0 Å². The molecule has 0 bridgehead atoms. The van der Waals surface area contributed by atoms with Crippen LogP contribution in [-0.2, 0) is 11.8 Å². The Labute approximate surface area is 115 Å². The van der Waals surface area contributed by atoms with E-state index in [9.17, 15) is 19.4 Å². The number of phenols is 2. The lowest BCUT2D eigenvalue weighted by atomic mass is 9.79. The first-order valence-corrected chi connectivity index (χ1v) is 6.27. The third-order valence-electron chi connectivity index (χ3n) is 3.97. The Hall–Kier alpha value is -2.36. The van der Waals surface area contributed by atoms with Crippen LogP contribution in [0.1, 0.15) is 28.4 Å². The van der Waals surface area contributed by atoms with Crippen molar-refractivity contribution in [3.05, 3.63) is 58.9 Å². The molecule has 0 spiro atoms. The molecule has 0 aliphatic heterocycles. The third-order valence-corrected chi connectivity index (χ3v) is 3.97. The molecule has 4 heteroatoms. The molecule has 1 aliphatic carbocycles. The molecule has 102 valence electrons. The number of benzene rings is 2. The van der Waals surface area contributed by atoms with Gasteiger partial charge in [-0.1, -0.05) is 12.1 Å². The van der Waals surface area contributed by atoms with E-state index in [0.29, 0.717) is 17.5 Å². The molecule has 0 saturated carbocycles. The predicted molar refractivity (Wildman–Crippen MR) is 71.6 cm³/mol. The van der Waals surface area contributed by atoms with Crippen LogP contribution in [0.3, 0.4) is 0 Å². The van der Waals surface area contributed by atoms with E-state index < -0.39 is 5.41 Å². The summed E-state index contributed by atoms with van der Waals surface area (Å²) < 4.78 is 13.0. The normalized spacial score (nSPS) is 21.0. The molecular weight excluding hydrogens is 259 g/mol. The largest absolute Gasteiger partial charge is 0.504 e. The molecule has 20 heavy (non-hydrogen) atoms. The number of halogens is 1. The van der Waals surface area contributed by atoms with Gasteiger partial charge in [-0.15, -0.1) is 0 Å². The zero-order valence-corrected chi connectivity index (χ0v) is 10.9. The Morgan fingerprint density at radius 1 is 1.10 bits per heavy atom.